The minimum Gasteiger partial charge on any atom is -0.495 e. The monoisotopic (exact) mass is 298 g/mol. The fraction of sp³-hybridized carbons (Fsp3) is 0.167. The number of ether oxygens (including phenoxy) is 1. The zero-order chi connectivity index (χ0) is 13.8. The molecule has 0 spiro atoms. The van der Waals surface area contributed by atoms with Crippen LogP contribution in [-0.2, 0) is 6.54 Å². The van der Waals surface area contributed by atoms with Crippen molar-refractivity contribution >= 4 is 34.3 Å². The maximum atomic E-state index is 10.8. The lowest BCUT2D eigenvalue weighted by Gasteiger charge is -2.10. The Morgan fingerprint density at radius 3 is 2.79 bits per heavy atom. The number of anilines is 1. The molecule has 1 aromatic heterocycles. The Morgan fingerprint density at radius 2 is 2.21 bits per heavy atom. The van der Waals surface area contributed by atoms with Crippen molar-refractivity contribution in [2.45, 2.75) is 6.54 Å². The van der Waals surface area contributed by atoms with E-state index in [1.165, 1.54) is 30.6 Å². The lowest BCUT2D eigenvalue weighted by molar-refractivity contribution is -0.384. The van der Waals surface area contributed by atoms with E-state index in [0.29, 0.717) is 22.3 Å². The van der Waals surface area contributed by atoms with Crippen LogP contribution in [0.15, 0.2) is 30.3 Å². The van der Waals surface area contributed by atoms with Crippen LogP contribution in [0.4, 0.5) is 11.4 Å². The number of thiophene rings is 1. The molecule has 0 aliphatic carbocycles. The lowest BCUT2D eigenvalue weighted by atomic mass is 10.2. The molecule has 100 valence electrons. The summed E-state index contributed by atoms with van der Waals surface area (Å²) in [5.41, 5.74) is 0.605. The van der Waals surface area contributed by atoms with Crippen molar-refractivity contribution in [3.63, 3.8) is 0 Å². The van der Waals surface area contributed by atoms with Gasteiger partial charge in [-0.05, 0) is 18.2 Å². The molecular formula is C12H11ClN2O3S. The Balaban J connectivity index is 2.17. The number of rotatable bonds is 5. The molecule has 2 aromatic rings. The number of non-ortho nitro benzene ring substituents is 1. The van der Waals surface area contributed by atoms with Crippen LogP contribution in [0.2, 0.25) is 4.34 Å². The second-order valence-electron chi connectivity index (χ2n) is 3.70. The lowest BCUT2D eigenvalue weighted by Crippen LogP contribution is -2.01. The Kier molecular flexibility index (Phi) is 4.24. The van der Waals surface area contributed by atoms with E-state index < -0.39 is 4.92 Å². The van der Waals surface area contributed by atoms with Gasteiger partial charge in [0.05, 0.1) is 22.1 Å². The van der Waals surface area contributed by atoms with Crippen LogP contribution >= 0.6 is 22.9 Å². The van der Waals surface area contributed by atoms with Crippen molar-refractivity contribution in [1.82, 2.24) is 0 Å². The molecule has 0 bridgehead atoms. The Hall–Kier alpha value is -1.79. The zero-order valence-corrected chi connectivity index (χ0v) is 11.6. The number of nitrogens with one attached hydrogen (secondary N) is 1. The van der Waals surface area contributed by atoms with Gasteiger partial charge >= 0.3 is 0 Å². The largest absolute Gasteiger partial charge is 0.495 e. The molecular weight excluding hydrogens is 288 g/mol. The minimum absolute atomic E-state index is 0.0208. The normalized spacial score (nSPS) is 10.2. The molecule has 2 rings (SSSR count). The highest BCUT2D eigenvalue weighted by Crippen LogP contribution is 2.30. The van der Waals surface area contributed by atoms with E-state index in [1.807, 2.05) is 12.1 Å². The van der Waals surface area contributed by atoms with Gasteiger partial charge < -0.3 is 10.1 Å². The molecule has 0 saturated heterocycles. The maximum absolute atomic E-state index is 10.8. The van der Waals surface area contributed by atoms with Crippen LogP contribution < -0.4 is 10.1 Å². The summed E-state index contributed by atoms with van der Waals surface area (Å²) in [5.74, 6) is 0.563. The number of benzene rings is 1. The summed E-state index contributed by atoms with van der Waals surface area (Å²) in [5, 5.41) is 13.9. The quantitative estimate of drug-likeness (QED) is 0.671. The predicted octanol–water partition coefficient (Wildman–Crippen LogP) is 3.93. The van der Waals surface area contributed by atoms with Crippen LogP contribution in [-0.4, -0.2) is 12.0 Å². The average Bonchev–Trinajstić information content (AvgIpc) is 2.81. The van der Waals surface area contributed by atoms with Crippen LogP contribution in [0, 0.1) is 10.1 Å². The molecule has 0 radical (unpaired) electrons. The number of hydrogen-bond donors (Lipinski definition) is 1. The summed E-state index contributed by atoms with van der Waals surface area (Å²) in [6.07, 6.45) is 0. The number of hydrogen-bond acceptors (Lipinski definition) is 5. The number of nitrogens with zero attached hydrogens (tertiary/aromatic N) is 1. The minimum atomic E-state index is -0.438. The van der Waals surface area contributed by atoms with Crippen molar-refractivity contribution in [2.24, 2.45) is 0 Å². The van der Waals surface area contributed by atoms with Gasteiger partial charge in [0.1, 0.15) is 5.75 Å². The summed E-state index contributed by atoms with van der Waals surface area (Å²) in [4.78, 5) is 11.4. The first-order valence-corrected chi connectivity index (χ1v) is 6.60. The number of methoxy groups -OCH3 is 1. The highest BCUT2D eigenvalue weighted by molar-refractivity contribution is 7.16. The molecule has 0 unspecified atom stereocenters. The third-order valence-electron chi connectivity index (χ3n) is 2.48. The summed E-state index contributed by atoms with van der Waals surface area (Å²) in [6, 6.07) is 8.15. The molecule has 0 amide bonds. The van der Waals surface area contributed by atoms with Gasteiger partial charge in [-0.25, -0.2) is 0 Å². The van der Waals surface area contributed by atoms with Gasteiger partial charge in [0.15, 0.2) is 0 Å². The Bertz CT molecular complexity index is 600. The number of nitro groups is 1. The van der Waals surface area contributed by atoms with E-state index in [9.17, 15) is 10.1 Å². The number of nitro benzene ring substituents is 1. The third kappa shape index (κ3) is 3.36. The van der Waals surface area contributed by atoms with Gasteiger partial charge in [-0.1, -0.05) is 11.6 Å². The molecule has 1 N–H and O–H groups in total. The predicted molar refractivity (Wildman–Crippen MR) is 76.3 cm³/mol. The fourth-order valence-corrected chi connectivity index (χ4v) is 2.60. The molecule has 0 aliphatic heterocycles. The molecule has 19 heavy (non-hydrogen) atoms. The molecule has 7 heteroatoms. The molecule has 1 heterocycles. The van der Waals surface area contributed by atoms with Crippen molar-refractivity contribution in [3.05, 3.63) is 49.7 Å². The van der Waals surface area contributed by atoms with Crippen LogP contribution in [0.1, 0.15) is 4.88 Å². The van der Waals surface area contributed by atoms with Gasteiger partial charge in [-0.3, -0.25) is 10.1 Å². The third-order valence-corrected chi connectivity index (χ3v) is 3.71. The Labute approximate surface area is 118 Å². The Morgan fingerprint density at radius 1 is 1.42 bits per heavy atom. The second-order valence-corrected chi connectivity index (χ2v) is 5.50. The average molecular weight is 299 g/mol. The zero-order valence-electron chi connectivity index (χ0n) is 10.1. The van der Waals surface area contributed by atoms with Gasteiger partial charge in [-0.15, -0.1) is 11.3 Å². The van der Waals surface area contributed by atoms with E-state index in [1.54, 1.807) is 6.07 Å². The SMILES string of the molecule is COc1ccc([N+](=O)[O-])cc1NCc1ccc(Cl)s1. The van der Waals surface area contributed by atoms with Crippen LogP contribution in [0.25, 0.3) is 0 Å². The first-order chi connectivity index (χ1) is 9.10. The topological polar surface area (TPSA) is 64.4 Å². The number of halogens is 1. The highest BCUT2D eigenvalue weighted by atomic mass is 35.5. The van der Waals surface area contributed by atoms with Gasteiger partial charge in [-0.2, -0.15) is 0 Å². The van der Waals surface area contributed by atoms with Gasteiger partial charge in [0.2, 0.25) is 0 Å². The molecule has 0 aliphatic rings. The van der Waals surface area contributed by atoms with Crippen molar-refractivity contribution in [3.8, 4) is 5.75 Å². The molecule has 1 aromatic carbocycles. The van der Waals surface area contributed by atoms with Gasteiger partial charge in [0.25, 0.3) is 5.69 Å². The fourth-order valence-electron chi connectivity index (χ4n) is 1.58. The van der Waals surface area contributed by atoms with Crippen LogP contribution in [0.5, 0.6) is 5.75 Å². The van der Waals surface area contributed by atoms with Crippen molar-refractivity contribution in [2.75, 3.05) is 12.4 Å². The van der Waals surface area contributed by atoms with E-state index in [4.69, 9.17) is 16.3 Å². The van der Waals surface area contributed by atoms with E-state index in [-0.39, 0.29) is 5.69 Å². The highest BCUT2D eigenvalue weighted by Gasteiger charge is 2.11. The van der Waals surface area contributed by atoms with Crippen LogP contribution in [0.3, 0.4) is 0 Å². The standard InChI is InChI=1S/C12H11ClN2O3S/c1-18-11-4-2-8(15(16)17)6-10(11)14-7-9-3-5-12(13)19-9/h2-6,14H,7H2,1H3. The summed E-state index contributed by atoms with van der Waals surface area (Å²) >= 11 is 7.30. The van der Waals surface area contributed by atoms with Crippen molar-refractivity contribution < 1.29 is 9.66 Å². The summed E-state index contributed by atoms with van der Waals surface area (Å²) in [7, 11) is 1.52. The smallest absolute Gasteiger partial charge is 0.271 e. The molecule has 0 saturated carbocycles. The first-order valence-electron chi connectivity index (χ1n) is 5.40. The molecule has 5 nitrogen and oxygen atoms in total. The van der Waals surface area contributed by atoms with E-state index >= 15 is 0 Å². The molecule has 0 fully saturated rings. The van der Waals surface area contributed by atoms with Crippen molar-refractivity contribution in [1.29, 1.82) is 0 Å². The van der Waals surface area contributed by atoms with E-state index in [2.05, 4.69) is 5.32 Å². The summed E-state index contributed by atoms with van der Waals surface area (Å²) in [6.45, 7) is 0.537. The van der Waals surface area contributed by atoms with Gasteiger partial charge in [0, 0.05) is 23.6 Å². The first kappa shape index (κ1) is 13.6. The summed E-state index contributed by atoms with van der Waals surface area (Å²) < 4.78 is 5.88. The van der Waals surface area contributed by atoms with E-state index in [0.717, 1.165) is 4.88 Å². The maximum Gasteiger partial charge on any atom is 0.271 e. The molecule has 0 atom stereocenters. The second kappa shape index (κ2) is 5.90.